The van der Waals surface area contributed by atoms with Crippen molar-refractivity contribution in [1.82, 2.24) is 10.3 Å². The van der Waals surface area contributed by atoms with Crippen molar-refractivity contribution in [2.45, 2.75) is 33.2 Å². The Bertz CT molecular complexity index is 305. The van der Waals surface area contributed by atoms with E-state index in [1.54, 1.807) is 16.8 Å². The summed E-state index contributed by atoms with van der Waals surface area (Å²) in [5.74, 6) is 7.56. The van der Waals surface area contributed by atoms with E-state index in [1.807, 2.05) is 13.2 Å². The van der Waals surface area contributed by atoms with Crippen molar-refractivity contribution in [3.63, 3.8) is 0 Å². The van der Waals surface area contributed by atoms with Crippen LogP contribution in [0.15, 0.2) is 9.98 Å². The third kappa shape index (κ3) is 2.89. The largest absolute Gasteiger partial charge is 0.355 e. The molecule has 1 aliphatic rings. The number of thioether (sulfide) groups is 1. The molecule has 1 rings (SSSR count). The zero-order chi connectivity index (χ0) is 12.3. The van der Waals surface area contributed by atoms with Crippen molar-refractivity contribution in [1.29, 1.82) is 0 Å². The van der Waals surface area contributed by atoms with Crippen LogP contribution in [0.4, 0.5) is 0 Å². The van der Waals surface area contributed by atoms with E-state index in [1.165, 1.54) is 0 Å². The molecule has 16 heavy (non-hydrogen) atoms. The number of aliphatic imine (C=N–C) groups is 2. The highest BCUT2D eigenvalue weighted by atomic mass is 32.2. The van der Waals surface area contributed by atoms with E-state index in [2.05, 4.69) is 36.1 Å². The average molecular weight is 243 g/mol. The topological polar surface area (TPSA) is 66.0 Å². The summed E-state index contributed by atoms with van der Waals surface area (Å²) in [6.07, 6.45) is 1.99. The molecule has 1 atom stereocenters. The SMILES string of the molecule is CCNC1=NC(SC)N(N)C(C(C)(C)C)=N1. The predicted octanol–water partition coefficient (Wildman–Crippen LogP) is 1.23. The van der Waals surface area contributed by atoms with Crippen LogP contribution in [0.1, 0.15) is 27.7 Å². The molecule has 0 saturated carbocycles. The maximum absolute atomic E-state index is 6.03. The molecule has 1 unspecified atom stereocenters. The lowest BCUT2D eigenvalue weighted by atomic mass is 9.94. The Labute approximate surface area is 102 Å². The molecule has 1 aliphatic heterocycles. The summed E-state index contributed by atoms with van der Waals surface area (Å²) in [5, 5.41) is 4.78. The van der Waals surface area contributed by atoms with E-state index in [0.29, 0.717) is 5.96 Å². The van der Waals surface area contributed by atoms with Crippen molar-refractivity contribution >= 4 is 23.6 Å². The Morgan fingerprint density at radius 1 is 1.50 bits per heavy atom. The van der Waals surface area contributed by atoms with Crippen LogP contribution in [0.3, 0.4) is 0 Å². The number of hydrogen-bond acceptors (Lipinski definition) is 6. The molecule has 0 aromatic heterocycles. The molecule has 0 spiro atoms. The fourth-order valence-electron chi connectivity index (χ4n) is 1.42. The van der Waals surface area contributed by atoms with Crippen LogP contribution in [0.25, 0.3) is 0 Å². The normalized spacial score (nSPS) is 21.6. The van der Waals surface area contributed by atoms with Crippen LogP contribution in [-0.4, -0.2) is 35.1 Å². The summed E-state index contributed by atoms with van der Waals surface area (Å²) in [4.78, 5) is 8.88. The van der Waals surface area contributed by atoms with Crippen LogP contribution >= 0.6 is 11.8 Å². The molecule has 0 bridgehead atoms. The van der Waals surface area contributed by atoms with Crippen LogP contribution < -0.4 is 11.2 Å². The summed E-state index contributed by atoms with van der Waals surface area (Å²) >= 11 is 1.60. The predicted molar refractivity (Wildman–Crippen MR) is 71.3 cm³/mol. The Hall–Kier alpha value is -0.750. The second-order valence-corrected chi connectivity index (χ2v) is 5.53. The molecule has 0 aliphatic carbocycles. The second kappa shape index (κ2) is 5.05. The van der Waals surface area contributed by atoms with Crippen LogP contribution in [0.2, 0.25) is 0 Å². The zero-order valence-corrected chi connectivity index (χ0v) is 11.4. The van der Waals surface area contributed by atoms with Gasteiger partial charge in [0.25, 0.3) is 0 Å². The number of hydrazine groups is 1. The monoisotopic (exact) mass is 243 g/mol. The lowest BCUT2D eigenvalue weighted by Gasteiger charge is -2.35. The summed E-state index contributed by atoms with van der Waals surface area (Å²) in [5.41, 5.74) is -0.180. The molecular formula is C10H21N5S. The minimum atomic E-state index is -0.0965. The first kappa shape index (κ1) is 13.3. The van der Waals surface area contributed by atoms with Crippen molar-refractivity contribution in [3.05, 3.63) is 0 Å². The molecule has 3 N–H and O–H groups in total. The molecule has 5 nitrogen and oxygen atoms in total. The maximum Gasteiger partial charge on any atom is 0.222 e. The molecule has 0 fully saturated rings. The van der Waals surface area contributed by atoms with E-state index in [-0.39, 0.29) is 10.9 Å². The Morgan fingerprint density at radius 2 is 2.12 bits per heavy atom. The first-order valence-corrected chi connectivity index (χ1v) is 6.66. The van der Waals surface area contributed by atoms with Gasteiger partial charge in [-0.05, 0) is 13.2 Å². The molecule has 0 radical (unpaired) electrons. The molecule has 0 saturated heterocycles. The van der Waals surface area contributed by atoms with Gasteiger partial charge in [0, 0.05) is 12.0 Å². The average Bonchev–Trinajstić information content (AvgIpc) is 2.19. The minimum absolute atomic E-state index is 0.0840. The molecule has 0 aromatic rings. The second-order valence-electron chi connectivity index (χ2n) is 4.64. The molecule has 1 heterocycles. The lowest BCUT2D eigenvalue weighted by molar-refractivity contribution is 0.363. The van der Waals surface area contributed by atoms with E-state index < -0.39 is 0 Å². The fraction of sp³-hybridized carbons (Fsp3) is 0.800. The molecule has 92 valence electrons. The smallest absolute Gasteiger partial charge is 0.222 e. The van der Waals surface area contributed by atoms with E-state index in [9.17, 15) is 0 Å². The third-order valence-electron chi connectivity index (χ3n) is 2.14. The van der Waals surface area contributed by atoms with Crippen LogP contribution in [0, 0.1) is 5.41 Å². The highest BCUT2D eigenvalue weighted by Gasteiger charge is 2.31. The van der Waals surface area contributed by atoms with E-state index in [0.717, 1.165) is 12.4 Å². The van der Waals surface area contributed by atoms with Crippen LogP contribution in [-0.2, 0) is 0 Å². The van der Waals surface area contributed by atoms with Gasteiger partial charge in [0.2, 0.25) is 5.96 Å². The first-order valence-electron chi connectivity index (χ1n) is 5.37. The van der Waals surface area contributed by atoms with Crippen LogP contribution in [0.5, 0.6) is 0 Å². The first-order chi connectivity index (χ1) is 7.40. The van der Waals surface area contributed by atoms with Gasteiger partial charge < -0.3 is 5.32 Å². The summed E-state index contributed by atoms with van der Waals surface area (Å²) in [6.45, 7) is 9.12. The highest BCUT2D eigenvalue weighted by molar-refractivity contribution is 7.99. The zero-order valence-electron chi connectivity index (χ0n) is 10.6. The third-order valence-corrected chi connectivity index (χ3v) is 2.90. The maximum atomic E-state index is 6.03. The van der Waals surface area contributed by atoms with Crippen molar-refractivity contribution < 1.29 is 0 Å². The summed E-state index contributed by atoms with van der Waals surface area (Å²) < 4.78 is 0. The minimum Gasteiger partial charge on any atom is -0.355 e. The van der Waals surface area contributed by atoms with Crippen molar-refractivity contribution in [2.75, 3.05) is 12.8 Å². The molecule has 0 aromatic carbocycles. The van der Waals surface area contributed by atoms with Gasteiger partial charge in [-0.1, -0.05) is 20.8 Å². The fourth-order valence-corrected chi connectivity index (χ4v) is 1.96. The van der Waals surface area contributed by atoms with Crippen molar-refractivity contribution in [2.24, 2.45) is 21.2 Å². The molecule has 0 amide bonds. The van der Waals surface area contributed by atoms with Gasteiger partial charge in [0.1, 0.15) is 5.84 Å². The Balaban J connectivity index is 3.01. The summed E-state index contributed by atoms with van der Waals surface area (Å²) in [6, 6.07) is 0. The van der Waals surface area contributed by atoms with Crippen molar-refractivity contribution in [3.8, 4) is 0 Å². The van der Waals surface area contributed by atoms with E-state index >= 15 is 0 Å². The van der Waals surface area contributed by atoms with Gasteiger partial charge in [0.05, 0.1) is 0 Å². The quantitative estimate of drug-likeness (QED) is 0.716. The number of guanidine groups is 1. The molecular weight excluding hydrogens is 222 g/mol. The van der Waals surface area contributed by atoms with E-state index in [4.69, 9.17) is 5.84 Å². The summed E-state index contributed by atoms with van der Waals surface area (Å²) in [7, 11) is 0. The van der Waals surface area contributed by atoms with Gasteiger partial charge in [-0.3, -0.25) is 5.01 Å². The number of amidine groups is 1. The number of nitrogens with two attached hydrogens (primary N) is 1. The highest BCUT2D eigenvalue weighted by Crippen LogP contribution is 2.24. The number of nitrogens with zero attached hydrogens (tertiary/aromatic N) is 3. The van der Waals surface area contributed by atoms with Gasteiger partial charge in [-0.25, -0.2) is 10.8 Å². The number of hydrogen-bond donors (Lipinski definition) is 2. The Morgan fingerprint density at radius 3 is 2.56 bits per heavy atom. The van der Waals surface area contributed by atoms with Gasteiger partial charge in [0.15, 0.2) is 5.50 Å². The van der Waals surface area contributed by atoms with Gasteiger partial charge >= 0.3 is 0 Å². The standard InChI is InChI=1S/C10H21N5S/c1-6-12-8-13-7(10(2,3)4)15(11)9(14-8)16-5/h9H,6,11H2,1-5H3,(H,12,14). The van der Waals surface area contributed by atoms with Gasteiger partial charge in [-0.2, -0.15) is 4.99 Å². The van der Waals surface area contributed by atoms with Gasteiger partial charge in [-0.15, -0.1) is 11.8 Å². The Kier molecular flexibility index (Phi) is 4.21. The number of rotatable bonds is 2. The number of nitrogens with one attached hydrogen (secondary N) is 1. The lowest BCUT2D eigenvalue weighted by Crippen LogP contribution is -2.52. The molecule has 6 heteroatoms.